The summed E-state index contributed by atoms with van der Waals surface area (Å²) in [6.45, 7) is -0.833. The van der Waals surface area contributed by atoms with E-state index in [-0.39, 0.29) is 57.6 Å². The Morgan fingerprint density at radius 2 is 1.20 bits per heavy atom. The number of hydrogen-bond acceptors (Lipinski definition) is 6. The number of hydrazine groups is 1. The van der Waals surface area contributed by atoms with E-state index in [0.717, 1.165) is 0 Å². The number of halogens is 8. The van der Waals surface area contributed by atoms with Crippen LogP contribution in [0.25, 0.3) is 0 Å². The summed E-state index contributed by atoms with van der Waals surface area (Å²) in [5.74, 6) is -4.59. The number of carbonyl (C=O) groups excluding carboxylic acids is 5. The van der Waals surface area contributed by atoms with E-state index >= 15 is 0 Å². The lowest BCUT2D eigenvalue weighted by atomic mass is 10.1. The second-order valence-electron chi connectivity index (χ2n) is 9.38. The first kappa shape index (κ1) is 34.3. The predicted molar refractivity (Wildman–Crippen MR) is 177 cm³/mol. The summed E-state index contributed by atoms with van der Waals surface area (Å²) < 4.78 is 5.33. The molecule has 0 unspecified atom stereocenters. The number of benzene rings is 4. The van der Waals surface area contributed by atoms with Gasteiger partial charge in [-0.2, -0.15) is 5.01 Å². The van der Waals surface area contributed by atoms with Gasteiger partial charge < -0.3 is 4.74 Å². The van der Waals surface area contributed by atoms with Crippen molar-refractivity contribution in [3.8, 4) is 5.75 Å². The first-order valence-electron chi connectivity index (χ1n) is 12.5. The summed E-state index contributed by atoms with van der Waals surface area (Å²) in [4.78, 5) is 67.1. The summed E-state index contributed by atoms with van der Waals surface area (Å²) in [7, 11) is 0. The molecular formula is C30H12Cl8N2O6. The minimum atomic E-state index is -1.09. The number of carbonyl (C=O) groups is 5. The highest BCUT2D eigenvalue weighted by Crippen LogP contribution is 2.45. The number of Topliss-reactive ketones (excluding diaryl/α,β-unsaturated/α-hetero) is 1. The van der Waals surface area contributed by atoms with Crippen LogP contribution in [0, 0.1) is 0 Å². The zero-order valence-electron chi connectivity index (χ0n) is 22.3. The smallest absolute Gasteiger partial charge is 0.345 e. The monoisotopic (exact) mass is 776 g/mol. The topological polar surface area (TPSA) is 101 Å². The third-order valence-corrected chi connectivity index (χ3v) is 9.64. The van der Waals surface area contributed by atoms with Gasteiger partial charge in [-0.15, -0.1) is 0 Å². The Morgan fingerprint density at radius 3 is 1.74 bits per heavy atom. The minimum Gasteiger partial charge on any atom is -0.423 e. The fraction of sp³-hybridized carbons (Fsp3) is 0.0333. The van der Waals surface area contributed by atoms with E-state index in [9.17, 15) is 24.0 Å². The maximum atomic E-state index is 13.8. The summed E-state index contributed by atoms with van der Waals surface area (Å²) in [6, 6.07) is 13.3. The van der Waals surface area contributed by atoms with Crippen molar-refractivity contribution in [2.24, 2.45) is 0 Å². The highest BCUT2D eigenvalue weighted by molar-refractivity contribution is 6.55. The number of ketones is 1. The minimum absolute atomic E-state index is 0.00386. The maximum Gasteiger partial charge on any atom is 0.345 e. The largest absolute Gasteiger partial charge is 0.423 e. The molecule has 0 aromatic heterocycles. The second-order valence-corrected chi connectivity index (χ2v) is 12.6. The molecule has 0 spiro atoms. The maximum absolute atomic E-state index is 13.8. The molecule has 8 nitrogen and oxygen atoms in total. The molecule has 1 heterocycles. The fourth-order valence-corrected chi connectivity index (χ4v) is 6.12. The number of hydrogen-bond donors (Lipinski definition) is 0. The third kappa shape index (κ3) is 6.41. The van der Waals surface area contributed by atoms with Crippen LogP contribution in [0.2, 0.25) is 40.2 Å². The second kappa shape index (κ2) is 13.6. The average Bonchev–Trinajstić information content (AvgIpc) is 3.28. The molecule has 3 amide bonds. The number of esters is 1. The van der Waals surface area contributed by atoms with Gasteiger partial charge in [0.25, 0.3) is 17.7 Å². The molecule has 0 atom stereocenters. The highest BCUT2D eigenvalue weighted by Gasteiger charge is 2.46. The molecule has 0 saturated heterocycles. The first-order chi connectivity index (χ1) is 21.7. The molecule has 16 heteroatoms. The van der Waals surface area contributed by atoms with Gasteiger partial charge in [0.2, 0.25) is 0 Å². The first-order valence-corrected chi connectivity index (χ1v) is 15.6. The number of rotatable bonds is 7. The lowest BCUT2D eigenvalue weighted by molar-refractivity contribution is 0.00532. The molecule has 0 saturated carbocycles. The van der Waals surface area contributed by atoms with E-state index < -0.39 is 47.1 Å². The normalized spacial score (nSPS) is 12.3. The molecule has 0 radical (unpaired) electrons. The molecule has 4 aromatic carbocycles. The molecule has 0 aliphatic carbocycles. The summed E-state index contributed by atoms with van der Waals surface area (Å²) in [6.07, 6.45) is 0. The molecule has 1 aliphatic heterocycles. The molecular weight excluding hydrogens is 768 g/mol. The number of fused-ring (bicyclic) bond motifs is 1. The van der Waals surface area contributed by atoms with Crippen LogP contribution in [-0.4, -0.2) is 46.0 Å². The standard InChI is InChI=1S/C30H12Cl8N2O6/c31-14-4-7-16(18(33)10-14)30(45)46-15-5-1-12(2-6-15)20(41)11-39(27(42)13-3-8-17(32)19(34)9-13)40-28(43)21-22(29(40)44)24(36)26(38)25(37)23(21)35/h1-10H,11H2. The van der Waals surface area contributed by atoms with Gasteiger partial charge in [-0.05, 0) is 60.7 Å². The number of amides is 3. The van der Waals surface area contributed by atoms with Crippen LogP contribution in [0.5, 0.6) is 5.75 Å². The van der Waals surface area contributed by atoms with Crippen molar-refractivity contribution in [2.75, 3.05) is 6.54 Å². The van der Waals surface area contributed by atoms with Crippen LogP contribution in [0.15, 0.2) is 60.7 Å². The van der Waals surface area contributed by atoms with E-state index in [1.54, 1.807) is 0 Å². The summed E-state index contributed by atoms with van der Waals surface area (Å²) in [5.41, 5.74) is -0.841. The van der Waals surface area contributed by atoms with Crippen LogP contribution in [-0.2, 0) is 0 Å². The van der Waals surface area contributed by atoms with Crippen molar-refractivity contribution in [1.29, 1.82) is 0 Å². The van der Waals surface area contributed by atoms with E-state index in [2.05, 4.69) is 0 Å². The Morgan fingerprint density at radius 1 is 0.630 bits per heavy atom. The van der Waals surface area contributed by atoms with Crippen LogP contribution in [0.4, 0.5) is 0 Å². The molecule has 1 aliphatic rings. The van der Waals surface area contributed by atoms with Gasteiger partial charge in [-0.25, -0.2) is 9.80 Å². The summed E-state index contributed by atoms with van der Waals surface area (Å²) >= 11 is 48.8. The van der Waals surface area contributed by atoms with Crippen molar-refractivity contribution < 1.29 is 28.7 Å². The number of imide groups is 1. The van der Waals surface area contributed by atoms with E-state index in [1.165, 1.54) is 60.7 Å². The molecule has 5 rings (SSSR count). The van der Waals surface area contributed by atoms with Crippen molar-refractivity contribution in [3.05, 3.63) is 129 Å². The highest BCUT2D eigenvalue weighted by atomic mass is 35.5. The fourth-order valence-electron chi connectivity index (χ4n) is 4.32. The van der Waals surface area contributed by atoms with Crippen molar-refractivity contribution >= 4 is 122 Å². The lowest BCUT2D eigenvalue weighted by Gasteiger charge is -2.29. The van der Waals surface area contributed by atoms with Crippen LogP contribution < -0.4 is 4.74 Å². The van der Waals surface area contributed by atoms with Crippen molar-refractivity contribution in [3.63, 3.8) is 0 Å². The van der Waals surface area contributed by atoms with Crippen LogP contribution in [0.3, 0.4) is 0 Å². The Labute approximate surface area is 300 Å². The zero-order chi connectivity index (χ0) is 33.6. The van der Waals surface area contributed by atoms with Crippen LogP contribution >= 0.6 is 92.8 Å². The third-order valence-electron chi connectivity index (χ3n) is 6.55. The Hall–Kier alpha value is -3.05. The predicted octanol–water partition coefficient (Wildman–Crippen LogP) is 9.67. The Kier molecular flexibility index (Phi) is 10.1. The van der Waals surface area contributed by atoms with Gasteiger partial charge in [-0.3, -0.25) is 19.2 Å². The Balaban J connectivity index is 1.46. The quantitative estimate of drug-likeness (QED) is 0.0463. The molecule has 46 heavy (non-hydrogen) atoms. The van der Waals surface area contributed by atoms with Crippen LogP contribution in [0.1, 0.15) is 51.8 Å². The summed E-state index contributed by atoms with van der Waals surface area (Å²) in [5, 5.41) is 0.254. The number of ether oxygens (including phenoxy) is 1. The van der Waals surface area contributed by atoms with Crippen molar-refractivity contribution in [1.82, 2.24) is 10.0 Å². The lowest BCUT2D eigenvalue weighted by Crippen LogP contribution is -2.51. The molecule has 0 N–H and O–H groups in total. The van der Waals surface area contributed by atoms with E-state index in [1.807, 2.05) is 0 Å². The number of nitrogens with zero attached hydrogens (tertiary/aromatic N) is 2. The molecule has 0 bridgehead atoms. The SMILES string of the molecule is O=C(CN(C(=O)c1ccc(Cl)c(Cl)c1)N1C(=O)c2c(Cl)c(Cl)c(Cl)c(Cl)c2C1=O)c1ccc(OC(=O)c2ccc(Cl)cc2Cl)cc1. The molecule has 4 aromatic rings. The van der Waals surface area contributed by atoms with Gasteiger partial charge in [0.1, 0.15) is 12.3 Å². The van der Waals surface area contributed by atoms with Crippen molar-refractivity contribution in [2.45, 2.75) is 0 Å². The van der Waals surface area contributed by atoms with Gasteiger partial charge >= 0.3 is 5.97 Å². The van der Waals surface area contributed by atoms with E-state index in [0.29, 0.717) is 15.0 Å². The van der Waals surface area contributed by atoms with Gasteiger partial charge in [0.15, 0.2) is 5.78 Å². The van der Waals surface area contributed by atoms with E-state index in [4.69, 9.17) is 97.5 Å². The van der Waals surface area contributed by atoms with Gasteiger partial charge in [-0.1, -0.05) is 92.8 Å². The Bertz CT molecular complexity index is 1950. The molecule has 234 valence electrons. The van der Waals surface area contributed by atoms with Gasteiger partial charge in [0, 0.05) is 16.1 Å². The average molecular weight is 780 g/mol. The molecule has 0 fully saturated rings. The van der Waals surface area contributed by atoms with Gasteiger partial charge in [0.05, 0.1) is 51.8 Å². The zero-order valence-corrected chi connectivity index (χ0v) is 28.4.